The van der Waals surface area contributed by atoms with E-state index in [1.807, 2.05) is 30.3 Å². The van der Waals surface area contributed by atoms with E-state index < -0.39 is 6.10 Å². The Bertz CT molecular complexity index is 774. The average molecular weight is 338 g/mol. The van der Waals surface area contributed by atoms with Gasteiger partial charge >= 0.3 is 0 Å². The van der Waals surface area contributed by atoms with Crippen LogP contribution in [0.1, 0.15) is 38.2 Å². The minimum Gasteiger partial charge on any atom is -0.479 e. The Morgan fingerprint density at radius 1 is 1.24 bits per heavy atom. The van der Waals surface area contributed by atoms with Crippen molar-refractivity contribution in [1.29, 1.82) is 0 Å². The van der Waals surface area contributed by atoms with Gasteiger partial charge in [-0.05, 0) is 37.1 Å². The van der Waals surface area contributed by atoms with E-state index in [0.29, 0.717) is 17.1 Å². The maximum absolute atomic E-state index is 12.8. The minimum atomic E-state index is -0.514. The summed E-state index contributed by atoms with van der Waals surface area (Å²) in [6, 6.07) is 15.1. The van der Waals surface area contributed by atoms with Crippen molar-refractivity contribution >= 4 is 23.2 Å². The molecule has 2 aromatic rings. The quantitative estimate of drug-likeness (QED) is 0.868. The molecule has 2 N–H and O–H groups in total. The highest BCUT2D eigenvalue weighted by molar-refractivity contribution is 6.00. The Hall–Kier alpha value is -2.82. The molecule has 0 spiro atoms. The lowest BCUT2D eigenvalue weighted by Gasteiger charge is -2.24. The Balaban J connectivity index is 1.78. The maximum atomic E-state index is 12.8. The number of anilines is 2. The molecule has 0 unspecified atom stereocenters. The van der Waals surface area contributed by atoms with E-state index in [1.165, 1.54) is 0 Å². The van der Waals surface area contributed by atoms with E-state index in [9.17, 15) is 9.59 Å². The molecule has 5 nitrogen and oxygen atoms in total. The zero-order chi connectivity index (χ0) is 17.8. The van der Waals surface area contributed by atoms with E-state index in [2.05, 4.69) is 17.6 Å². The van der Waals surface area contributed by atoms with Crippen LogP contribution in [-0.4, -0.2) is 17.9 Å². The van der Waals surface area contributed by atoms with Gasteiger partial charge in [0.1, 0.15) is 5.75 Å². The molecule has 1 aliphatic heterocycles. The lowest BCUT2D eigenvalue weighted by Crippen LogP contribution is -2.34. The molecule has 3 rings (SSSR count). The van der Waals surface area contributed by atoms with Gasteiger partial charge in [0, 0.05) is 5.69 Å². The fraction of sp³-hybridized carbons (Fsp3) is 0.300. The zero-order valence-electron chi connectivity index (χ0n) is 14.4. The van der Waals surface area contributed by atoms with Gasteiger partial charge in [-0.1, -0.05) is 43.7 Å². The van der Waals surface area contributed by atoms with Crippen LogP contribution in [0.3, 0.4) is 0 Å². The second-order valence-corrected chi connectivity index (χ2v) is 6.20. The van der Waals surface area contributed by atoms with Gasteiger partial charge in [0.15, 0.2) is 6.10 Å². The van der Waals surface area contributed by atoms with Crippen molar-refractivity contribution in [3.63, 3.8) is 0 Å². The van der Waals surface area contributed by atoms with Crippen LogP contribution >= 0.6 is 0 Å². The van der Waals surface area contributed by atoms with Crippen molar-refractivity contribution in [3.05, 3.63) is 54.1 Å². The maximum Gasteiger partial charge on any atom is 0.265 e. The van der Waals surface area contributed by atoms with Crippen LogP contribution in [0.5, 0.6) is 5.75 Å². The molecule has 0 saturated carbocycles. The summed E-state index contributed by atoms with van der Waals surface area (Å²) in [6.45, 7) is 3.76. The lowest BCUT2D eigenvalue weighted by atomic mass is 9.93. The van der Waals surface area contributed by atoms with Crippen LogP contribution in [-0.2, 0) is 9.59 Å². The number of hydrogen-bond donors (Lipinski definition) is 2. The van der Waals surface area contributed by atoms with Crippen LogP contribution in [0.25, 0.3) is 0 Å². The SMILES string of the molecule is CCC[C@@H](C(=O)Nc1ccc2c(c1)NC(=O)[C@@H](C)O2)c1ccccc1. The molecule has 2 aromatic carbocycles. The van der Waals surface area contributed by atoms with E-state index in [1.54, 1.807) is 25.1 Å². The van der Waals surface area contributed by atoms with Crippen LogP contribution < -0.4 is 15.4 Å². The van der Waals surface area contributed by atoms with E-state index >= 15 is 0 Å². The predicted octanol–water partition coefficient (Wildman–Crippen LogP) is 3.93. The molecule has 0 radical (unpaired) electrons. The third kappa shape index (κ3) is 3.82. The zero-order valence-corrected chi connectivity index (χ0v) is 14.4. The Morgan fingerprint density at radius 2 is 2.00 bits per heavy atom. The largest absolute Gasteiger partial charge is 0.479 e. The normalized spacial score (nSPS) is 17.0. The Labute approximate surface area is 147 Å². The molecule has 2 amide bonds. The van der Waals surface area contributed by atoms with Crippen LogP contribution in [0.2, 0.25) is 0 Å². The first-order chi connectivity index (χ1) is 12.1. The highest BCUT2D eigenvalue weighted by atomic mass is 16.5. The molecule has 0 aliphatic carbocycles. The second-order valence-electron chi connectivity index (χ2n) is 6.20. The van der Waals surface area contributed by atoms with Crippen molar-refractivity contribution in [1.82, 2.24) is 0 Å². The number of amides is 2. The van der Waals surface area contributed by atoms with Gasteiger partial charge in [0.25, 0.3) is 5.91 Å². The summed E-state index contributed by atoms with van der Waals surface area (Å²) in [7, 11) is 0. The molecule has 130 valence electrons. The van der Waals surface area contributed by atoms with E-state index in [-0.39, 0.29) is 17.7 Å². The average Bonchev–Trinajstić information content (AvgIpc) is 2.61. The number of nitrogens with one attached hydrogen (secondary N) is 2. The van der Waals surface area contributed by atoms with Gasteiger partial charge in [-0.3, -0.25) is 9.59 Å². The fourth-order valence-electron chi connectivity index (χ4n) is 2.94. The van der Waals surface area contributed by atoms with E-state index in [4.69, 9.17) is 4.74 Å². The number of rotatable bonds is 5. The number of carbonyl (C=O) groups excluding carboxylic acids is 2. The smallest absolute Gasteiger partial charge is 0.265 e. The van der Waals surface area contributed by atoms with Crippen LogP contribution in [0.4, 0.5) is 11.4 Å². The lowest BCUT2D eigenvalue weighted by molar-refractivity contribution is -0.122. The number of hydrogen-bond acceptors (Lipinski definition) is 3. The monoisotopic (exact) mass is 338 g/mol. The van der Waals surface area contributed by atoms with Crippen molar-refractivity contribution < 1.29 is 14.3 Å². The highest BCUT2D eigenvalue weighted by Gasteiger charge is 2.24. The van der Waals surface area contributed by atoms with Crippen LogP contribution in [0.15, 0.2) is 48.5 Å². The molecule has 0 aromatic heterocycles. The van der Waals surface area contributed by atoms with Crippen LogP contribution in [0, 0.1) is 0 Å². The Morgan fingerprint density at radius 3 is 2.72 bits per heavy atom. The Kier molecular flexibility index (Phi) is 5.03. The van der Waals surface area contributed by atoms with Gasteiger partial charge in [-0.25, -0.2) is 0 Å². The molecule has 0 bridgehead atoms. The van der Waals surface area contributed by atoms with Gasteiger partial charge in [-0.15, -0.1) is 0 Å². The van der Waals surface area contributed by atoms with Gasteiger partial charge in [-0.2, -0.15) is 0 Å². The van der Waals surface area contributed by atoms with Gasteiger partial charge in [0.2, 0.25) is 5.91 Å². The van der Waals surface area contributed by atoms with Gasteiger partial charge in [0.05, 0.1) is 11.6 Å². The van der Waals surface area contributed by atoms with Crippen molar-refractivity contribution in [2.75, 3.05) is 10.6 Å². The third-order valence-corrected chi connectivity index (χ3v) is 4.27. The molecule has 2 atom stereocenters. The molecule has 0 saturated heterocycles. The number of ether oxygens (including phenoxy) is 1. The predicted molar refractivity (Wildman–Crippen MR) is 97.9 cm³/mol. The molecule has 25 heavy (non-hydrogen) atoms. The number of carbonyl (C=O) groups is 2. The standard InChI is InChI=1S/C20H22N2O3/c1-3-7-16(14-8-5-4-6-9-14)20(24)21-15-10-11-18-17(12-15)22-19(23)13(2)25-18/h4-6,8-13,16H,3,7H2,1-2H3,(H,21,24)(H,22,23)/t13-,16-/m1/s1. The molecule has 1 aliphatic rings. The topological polar surface area (TPSA) is 67.4 Å². The first kappa shape index (κ1) is 17.0. The van der Waals surface area contributed by atoms with Crippen molar-refractivity contribution in [3.8, 4) is 5.75 Å². The summed E-state index contributed by atoms with van der Waals surface area (Å²) >= 11 is 0. The van der Waals surface area contributed by atoms with Gasteiger partial charge < -0.3 is 15.4 Å². The first-order valence-electron chi connectivity index (χ1n) is 8.56. The molecule has 5 heteroatoms. The van der Waals surface area contributed by atoms with E-state index in [0.717, 1.165) is 18.4 Å². The molecule has 0 fully saturated rings. The summed E-state index contributed by atoms with van der Waals surface area (Å²) in [5, 5.41) is 5.75. The summed E-state index contributed by atoms with van der Waals surface area (Å²) in [5.74, 6) is 0.167. The minimum absolute atomic E-state index is 0.0515. The second kappa shape index (κ2) is 7.38. The molecular formula is C20H22N2O3. The summed E-state index contributed by atoms with van der Waals surface area (Å²) in [6.07, 6.45) is 1.18. The third-order valence-electron chi connectivity index (χ3n) is 4.27. The fourth-order valence-corrected chi connectivity index (χ4v) is 2.94. The molecule has 1 heterocycles. The summed E-state index contributed by atoms with van der Waals surface area (Å²) in [5.41, 5.74) is 2.22. The summed E-state index contributed by atoms with van der Waals surface area (Å²) < 4.78 is 5.53. The molecular weight excluding hydrogens is 316 g/mol. The van der Waals surface area contributed by atoms with Crippen molar-refractivity contribution in [2.24, 2.45) is 0 Å². The summed E-state index contributed by atoms with van der Waals surface area (Å²) in [4.78, 5) is 24.5. The highest BCUT2D eigenvalue weighted by Crippen LogP contribution is 2.33. The first-order valence-corrected chi connectivity index (χ1v) is 8.56. The van der Waals surface area contributed by atoms with Crippen molar-refractivity contribution in [2.45, 2.75) is 38.7 Å². The number of fused-ring (bicyclic) bond motifs is 1. The number of benzene rings is 2.